The van der Waals surface area contributed by atoms with Crippen LogP contribution in [0.5, 0.6) is 5.75 Å². The number of aromatic nitrogens is 2. The Kier molecular flexibility index (Phi) is 4.70. The molecule has 2 aromatic carbocycles. The van der Waals surface area contributed by atoms with Crippen LogP contribution in [-0.2, 0) is 11.2 Å². The lowest BCUT2D eigenvalue weighted by Gasteiger charge is -2.10. The summed E-state index contributed by atoms with van der Waals surface area (Å²) in [6.45, 7) is 7.79. The molecule has 4 heteroatoms. The SMILES string of the molecule is Cc1cccc(C)c1OC(=O)Cc1c(C)nn(-c2ccccc2)c1C. The van der Waals surface area contributed by atoms with E-state index in [-0.39, 0.29) is 12.4 Å². The van der Waals surface area contributed by atoms with E-state index in [1.165, 1.54) is 0 Å². The zero-order chi connectivity index (χ0) is 18.0. The van der Waals surface area contributed by atoms with Crippen LogP contribution in [0.15, 0.2) is 48.5 Å². The fourth-order valence-electron chi connectivity index (χ4n) is 3.01. The van der Waals surface area contributed by atoms with Crippen LogP contribution in [0.25, 0.3) is 5.69 Å². The predicted molar refractivity (Wildman–Crippen MR) is 98.3 cm³/mol. The second-order valence-electron chi connectivity index (χ2n) is 6.27. The molecule has 0 fully saturated rings. The second-order valence-corrected chi connectivity index (χ2v) is 6.27. The molecule has 1 heterocycles. The minimum absolute atomic E-state index is 0.207. The van der Waals surface area contributed by atoms with Gasteiger partial charge in [-0.1, -0.05) is 36.4 Å². The van der Waals surface area contributed by atoms with Crippen LogP contribution in [0.2, 0.25) is 0 Å². The molecule has 0 saturated carbocycles. The Hall–Kier alpha value is -2.88. The molecule has 128 valence electrons. The monoisotopic (exact) mass is 334 g/mol. The van der Waals surface area contributed by atoms with E-state index < -0.39 is 0 Å². The Balaban J connectivity index is 1.84. The molecule has 4 nitrogen and oxygen atoms in total. The predicted octanol–water partition coefficient (Wildman–Crippen LogP) is 4.25. The summed E-state index contributed by atoms with van der Waals surface area (Å²) in [4.78, 5) is 12.5. The summed E-state index contributed by atoms with van der Waals surface area (Å²) in [5, 5.41) is 4.58. The minimum Gasteiger partial charge on any atom is -0.426 e. The Labute approximate surface area is 148 Å². The number of ether oxygens (including phenoxy) is 1. The van der Waals surface area contributed by atoms with Crippen LogP contribution in [0.4, 0.5) is 0 Å². The number of para-hydroxylation sites is 2. The van der Waals surface area contributed by atoms with Crippen LogP contribution >= 0.6 is 0 Å². The molecule has 25 heavy (non-hydrogen) atoms. The number of carbonyl (C=O) groups excluding carboxylic acids is 1. The third-order valence-corrected chi connectivity index (χ3v) is 4.39. The second kappa shape index (κ2) is 6.93. The van der Waals surface area contributed by atoms with Crippen molar-refractivity contribution in [1.29, 1.82) is 0 Å². The molecule has 0 saturated heterocycles. The molecule has 0 bridgehead atoms. The van der Waals surface area contributed by atoms with E-state index in [0.717, 1.165) is 33.8 Å². The molecule has 0 radical (unpaired) electrons. The van der Waals surface area contributed by atoms with Gasteiger partial charge in [0.25, 0.3) is 0 Å². The first-order chi connectivity index (χ1) is 12.0. The van der Waals surface area contributed by atoms with Crippen molar-refractivity contribution in [3.8, 4) is 11.4 Å². The number of hydrogen-bond acceptors (Lipinski definition) is 3. The summed E-state index contributed by atoms with van der Waals surface area (Å²) in [6.07, 6.45) is 0.207. The van der Waals surface area contributed by atoms with Crippen molar-refractivity contribution in [1.82, 2.24) is 9.78 Å². The summed E-state index contributed by atoms with van der Waals surface area (Å²) in [7, 11) is 0. The van der Waals surface area contributed by atoms with Gasteiger partial charge >= 0.3 is 5.97 Å². The standard InChI is InChI=1S/C21H22N2O2/c1-14-9-8-10-15(2)21(14)25-20(24)13-19-16(3)22-23(17(19)4)18-11-6-5-7-12-18/h5-12H,13H2,1-4H3. The van der Waals surface area contributed by atoms with Crippen molar-refractivity contribution in [2.45, 2.75) is 34.1 Å². The highest BCUT2D eigenvalue weighted by molar-refractivity contribution is 5.76. The number of rotatable bonds is 4. The molecule has 0 amide bonds. The number of aryl methyl sites for hydroxylation is 3. The van der Waals surface area contributed by atoms with E-state index in [4.69, 9.17) is 4.74 Å². The normalized spacial score (nSPS) is 10.7. The van der Waals surface area contributed by atoms with E-state index in [1.54, 1.807) is 0 Å². The largest absolute Gasteiger partial charge is 0.426 e. The van der Waals surface area contributed by atoms with Gasteiger partial charge in [-0.25, -0.2) is 4.68 Å². The fourth-order valence-corrected chi connectivity index (χ4v) is 3.01. The summed E-state index contributed by atoms with van der Waals surface area (Å²) in [5.41, 5.74) is 5.63. The maximum Gasteiger partial charge on any atom is 0.315 e. The summed E-state index contributed by atoms with van der Waals surface area (Å²) < 4.78 is 7.50. The third kappa shape index (κ3) is 3.48. The van der Waals surface area contributed by atoms with Crippen molar-refractivity contribution in [2.24, 2.45) is 0 Å². The van der Waals surface area contributed by atoms with Crippen molar-refractivity contribution < 1.29 is 9.53 Å². The first-order valence-electron chi connectivity index (χ1n) is 8.35. The van der Waals surface area contributed by atoms with E-state index in [1.807, 2.05) is 80.9 Å². The zero-order valence-electron chi connectivity index (χ0n) is 15.0. The fraction of sp³-hybridized carbons (Fsp3) is 0.238. The molecule has 3 aromatic rings. The van der Waals surface area contributed by atoms with E-state index in [2.05, 4.69) is 5.10 Å². The van der Waals surface area contributed by atoms with Crippen molar-refractivity contribution in [3.05, 3.63) is 76.6 Å². The molecule has 0 unspecified atom stereocenters. The lowest BCUT2D eigenvalue weighted by molar-refractivity contribution is -0.133. The van der Waals surface area contributed by atoms with Crippen LogP contribution in [-0.4, -0.2) is 15.7 Å². The zero-order valence-corrected chi connectivity index (χ0v) is 15.0. The summed E-state index contributed by atoms with van der Waals surface area (Å²) in [5.74, 6) is 0.384. The molecule has 0 atom stereocenters. The molecule has 0 spiro atoms. The van der Waals surface area contributed by atoms with Gasteiger partial charge < -0.3 is 4.74 Å². The Morgan fingerprint density at radius 3 is 2.24 bits per heavy atom. The molecule has 0 N–H and O–H groups in total. The quantitative estimate of drug-likeness (QED) is 0.529. The van der Waals surface area contributed by atoms with Gasteiger partial charge in [-0.2, -0.15) is 5.10 Å². The number of esters is 1. The molecule has 0 aliphatic rings. The topological polar surface area (TPSA) is 44.1 Å². The summed E-state index contributed by atoms with van der Waals surface area (Å²) >= 11 is 0. The van der Waals surface area contributed by atoms with Crippen LogP contribution < -0.4 is 4.74 Å². The molecular formula is C21H22N2O2. The van der Waals surface area contributed by atoms with Gasteiger partial charge in [0, 0.05) is 11.3 Å². The highest BCUT2D eigenvalue weighted by Crippen LogP contribution is 2.24. The number of benzene rings is 2. The van der Waals surface area contributed by atoms with E-state index in [0.29, 0.717) is 5.75 Å². The maximum atomic E-state index is 12.5. The number of nitrogens with zero attached hydrogens (tertiary/aromatic N) is 2. The van der Waals surface area contributed by atoms with Crippen LogP contribution in [0.3, 0.4) is 0 Å². The van der Waals surface area contributed by atoms with Gasteiger partial charge in [0.1, 0.15) is 5.75 Å². The van der Waals surface area contributed by atoms with Gasteiger partial charge in [-0.05, 0) is 51.0 Å². The highest BCUT2D eigenvalue weighted by Gasteiger charge is 2.18. The lowest BCUT2D eigenvalue weighted by atomic mass is 10.1. The van der Waals surface area contributed by atoms with Gasteiger partial charge in [0.05, 0.1) is 17.8 Å². The Morgan fingerprint density at radius 2 is 1.60 bits per heavy atom. The molecule has 1 aromatic heterocycles. The Bertz CT molecular complexity index is 891. The van der Waals surface area contributed by atoms with Gasteiger partial charge in [-0.3, -0.25) is 4.79 Å². The smallest absolute Gasteiger partial charge is 0.315 e. The lowest BCUT2D eigenvalue weighted by Crippen LogP contribution is -2.14. The highest BCUT2D eigenvalue weighted by atomic mass is 16.5. The van der Waals surface area contributed by atoms with Gasteiger partial charge in [-0.15, -0.1) is 0 Å². The van der Waals surface area contributed by atoms with E-state index >= 15 is 0 Å². The molecule has 3 rings (SSSR count). The van der Waals surface area contributed by atoms with Crippen molar-refractivity contribution in [3.63, 3.8) is 0 Å². The minimum atomic E-state index is -0.267. The van der Waals surface area contributed by atoms with Crippen molar-refractivity contribution >= 4 is 5.97 Å². The van der Waals surface area contributed by atoms with Gasteiger partial charge in [0.2, 0.25) is 0 Å². The average Bonchev–Trinajstić information content (AvgIpc) is 2.87. The molecule has 0 aliphatic heterocycles. The third-order valence-electron chi connectivity index (χ3n) is 4.39. The van der Waals surface area contributed by atoms with Gasteiger partial charge in [0.15, 0.2) is 0 Å². The first-order valence-corrected chi connectivity index (χ1v) is 8.35. The average molecular weight is 334 g/mol. The molecule has 0 aliphatic carbocycles. The Morgan fingerprint density at radius 1 is 0.960 bits per heavy atom. The van der Waals surface area contributed by atoms with Crippen molar-refractivity contribution in [2.75, 3.05) is 0 Å². The number of hydrogen-bond donors (Lipinski definition) is 0. The number of carbonyl (C=O) groups is 1. The summed E-state index contributed by atoms with van der Waals surface area (Å²) in [6, 6.07) is 15.8. The molecular weight excluding hydrogens is 312 g/mol. The van der Waals surface area contributed by atoms with E-state index in [9.17, 15) is 4.79 Å². The maximum absolute atomic E-state index is 12.5. The van der Waals surface area contributed by atoms with Crippen LogP contribution in [0, 0.1) is 27.7 Å². The first kappa shape index (κ1) is 17.0. The van der Waals surface area contributed by atoms with Crippen LogP contribution in [0.1, 0.15) is 28.1 Å².